The molecule has 27 heavy (non-hydrogen) atoms. The highest BCUT2D eigenvalue weighted by Gasteiger charge is 2.38. The van der Waals surface area contributed by atoms with Crippen LogP contribution in [0.3, 0.4) is 0 Å². The van der Waals surface area contributed by atoms with Gasteiger partial charge in [-0.25, -0.2) is 17.2 Å². The van der Waals surface area contributed by atoms with Gasteiger partial charge in [-0.05, 0) is 37.3 Å². The summed E-state index contributed by atoms with van der Waals surface area (Å²) in [6.07, 6.45) is 0. The van der Waals surface area contributed by atoms with Crippen molar-refractivity contribution in [2.45, 2.75) is 11.8 Å². The maximum Gasteiger partial charge on any atom is 0.376 e. The van der Waals surface area contributed by atoms with E-state index in [1.54, 1.807) is 25.1 Å². The molecule has 0 spiro atoms. The fourth-order valence-corrected chi connectivity index (χ4v) is 5.65. The highest BCUT2D eigenvalue weighted by molar-refractivity contribution is 7.90. The first-order valence-electron chi connectivity index (χ1n) is 8.01. The summed E-state index contributed by atoms with van der Waals surface area (Å²) in [4.78, 5) is 12.7. The lowest BCUT2D eigenvalue weighted by atomic mass is 10.2. The van der Waals surface area contributed by atoms with Crippen LogP contribution in [0.1, 0.15) is 17.4 Å². The fourth-order valence-electron chi connectivity index (χ4n) is 2.86. The molecule has 1 atom stereocenters. The summed E-state index contributed by atoms with van der Waals surface area (Å²) in [6.45, 7) is 3.07. The highest BCUT2D eigenvalue weighted by Crippen LogP contribution is 2.33. The van der Waals surface area contributed by atoms with Crippen molar-refractivity contribution >= 4 is 51.6 Å². The van der Waals surface area contributed by atoms with Gasteiger partial charge in [-0.1, -0.05) is 34.4 Å². The van der Waals surface area contributed by atoms with E-state index in [1.165, 1.54) is 37.0 Å². The van der Waals surface area contributed by atoms with E-state index >= 15 is 0 Å². The molecule has 0 N–H and O–H groups in total. The standard InChI is InChI=1S/C18H16ClNO5PS/c1-3-25-18(21)16-17(26(2)22)14-11-12(19)9-10-15(14)20(16)27(23,24)13-7-5-4-6-8-13/h4-11H,3H2,1-2H3/q+1. The summed E-state index contributed by atoms with van der Waals surface area (Å²) in [5.74, 6) is -0.857. The lowest BCUT2D eigenvalue weighted by Crippen LogP contribution is -2.23. The monoisotopic (exact) mass is 424 g/mol. The third kappa shape index (κ3) is 3.38. The van der Waals surface area contributed by atoms with E-state index in [1.807, 2.05) is 0 Å². The quantitative estimate of drug-likeness (QED) is 0.459. The Balaban J connectivity index is 2.49. The van der Waals surface area contributed by atoms with Crippen LogP contribution in [0.25, 0.3) is 10.9 Å². The van der Waals surface area contributed by atoms with E-state index in [4.69, 9.17) is 16.3 Å². The van der Waals surface area contributed by atoms with E-state index in [-0.39, 0.29) is 28.0 Å². The molecule has 3 aromatic rings. The molecule has 1 aromatic heterocycles. The molecule has 0 aliphatic heterocycles. The molecular formula is C18H16ClNO5PS+. The molecule has 0 aliphatic carbocycles. The van der Waals surface area contributed by atoms with Gasteiger partial charge in [0.15, 0.2) is 5.69 Å². The number of rotatable bonds is 5. The number of nitrogens with zero attached hydrogens (tertiary/aromatic N) is 1. The minimum Gasteiger partial charge on any atom is -0.461 e. The van der Waals surface area contributed by atoms with Gasteiger partial charge in [0.05, 0.1) is 22.4 Å². The summed E-state index contributed by atoms with van der Waals surface area (Å²) in [6, 6.07) is 12.2. The fraction of sp³-hybridized carbons (Fsp3) is 0.167. The van der Waals surface area contributed by atoms with E-state index in [2.05, 4.69) is 0 Å². The van der Waals surface area contributed by atoms with Crippen molar-refractivity contribution in [3.63, 3.8) is 0 Å². The molecule has 0 bridgehead atoms. The second-order valence-electron chi connectivity index (χ2n) is 5.66. The number of esters is 1. The second kappa shape index (κ2) is 7.43. The summed E-state index contributed by atoms with van der Waals surface area (Å²) in [5, 5.41) is 0.791. The van der Waals surface area contributed by atoms with Crippen LogP contribution in [0, 0.1) is 0 Å². The topological polar surface area (TPSA) is 82.4 Å². The van der Waals surface area contributed by atoms with Gasteiger partial charge in [0.25, 0.3) is 10.0 Å². The van der Waals surface area contributed by atoms with Crippen molar-refractivity contribution in [3.8, 4) is 0 Å². The Labute approximate surface area is 162 Å². The van der Waals surface area contributed by atoms with Crippen LogP contribution in [-0.2, 0) is 19.3 Å². The molecule has 1 heterocycles. The zero-order valence-corrected chi connectivity index (χ0v) is 17.0. The van der Waals surface area contributed by atoms with E-state index in [0.717, 1.165) is 3.97 Å². The third-order valence-electron chi connectivity index (χ3n) is 3.93. The minimum atomic E-state index is -4.14. The average Bonchev–Trinajstić information content (AvgIpc) is 2.98. The number of carbonyl (C=O) groups excluding carboxylic acids is 1. The minimum absolute atomic E-state index is 0.000258. The number of hydrogen-bond acceptors (Lipinski definition) is 5. The Morgan fingerprint density at radius 3 is 2.44 bits per heavy atom. The molecule has 0 saturated carbocycles. The van der Waals surface area contributed by atoms with Gasteiger partial charge in [0, 0.05) is 5.02 Å². The van der Waals surface area contributed by atoms with E-state index < -0.39 is 23.8 Å². The predicted octanol–water partition coefficient (Wildman–Crippen LogP) is 3.79. The van der Waals surface area contributed by atoms with Gasteiger partial charge in [-0.15, -0.1) is 0 Å². The first-order valence-corrected chi connectivity index (χ1v) is 11.5. The molecule has 2 aromatic carbocycles. The summed E-state index contributed by atoms with van der Waals surface area (Å²) in [7, 11) is -6.20. The summed E-state index contributed by atoms with van der Waals surface area (Å²) in [5.41, 5.74) is -0.0481. The van der Waals surface area contributed by atoms with Gasteiger partial charge in [0.2, 0.25) is 5.30 Å². The van der Waals surface area contributed by atoms with E-state index in [0.29, 0.717) is 10.4 Å². The van der Waals surface area contributed by atoms with E-state index in [9.17, 15) is 17.8 Å². The predicted molar refractivity (Wildman–Crippen MR) is 105 cm³/mol. The van der Waals surface area contributed by atoms with Crippen LogP contribution >= 0.6 is 19.4 Å². The Morgan fingerprint density at radius 1 is 1.19 bits per heavy atom. The normalized spacial score (nSPS) is 12.2. The summed E-state index contributed by atoms with van der Waals surface area (Å²) >= 11 is 6.06. The van der Waals surface area contributed by atoms with Gasteiger partial charge < -0.3 is 4.74 Å². The zero-order chi connectivity index (χ0) is 19.8. The van der Waals surface area contributed by atoms with Crippen LogP contribution < -0.4 is 5.30 Å². The van der Waals surface area contributed by atoms with Crippen LogP contribution in [-0.4, -0.2) is 31.6 Å². The van der Waals surface area contributed by atoms with Crippen molar-refractivity contribution in [3.05, 3.63) is 59.2 Å². The van der Waals surface area contributed by atoms with Crippen molar-refractivity contribution in [1.29, 1.82) is 0 Å². The molecule has 140 valence electrons. The van der Waals surface area contributed by atoms with Crippen LogP contribution in [0.5, 0.6) is 0 Å². The number of halogens is 1. The number of aromatic nitrogens is 1. The highest BCUT2D eigenvalue weighted by atomic mass is 35.5. The second-order valence-corrected chi connectivity index (χ2v) is 9.32. The molecule has 0 amide bonds. The SMILES string of the molecule is CCOC(=O)c1c([P+](C)=O)c2cc(Cl)ccc2n1S(=O)(=O)c1ccccc1. The Bertz CT molecular complexity index is 1160. The zero-order valence-electron chi connectivity index (χ0n) is 14.5. The lowest BCUT2D eigenvalue weighted by molar-refractivity contribution is 0.0520. The molecular weight excluding hydrogens is 409 g/mol. The number of benzene rings is 2. The molecule has 0 radical (unpaired) electrons. The number of fused-ring (bicyclic) bond motifs is 1. The van der Waals surface area contributed by atoms with Gasteiger partial charge in [-0.2, -0.15) is 0 Å². The van der Waals surface area contributed by atoms with Gasteiger partial charge in [-0.3, -0.25) is 0 Å². The van der Waals surface area contributed by atoms with Crippen molar-refractivity contribution in [2.24, 2.45) is 0 Å². The van der Waals surface area contributed by atoms with Crippen molar-refractivity contribution < 1.29 is 22.5 Å². The largest absolute Gasteiger partial charge is 0.461 e. The number of ether oxygens (including phenoxy) is 1. The molecule has 0 saturated heterocycles. The summed E-state index contributed by atoms with van der Waals surface area (Å²) < 4.78 is 45.1. The maximum absolute atomic E-state index is 13.3. The van der Waals surface area contributed by atoms with Crippen molar-refractivity contribution in [1.82, 2.24) is 3.97 Å². The number of carbonyl (C=O) groups is 1. The third-order valence-corrected chi connectivity index (χ3v) is 6.97. The molecule has 0 fully saturated rings. The molecule has 9 heteroatoms. The van der Waals surface area contributed by atoms with Crippen LogP contribution in [0.15, 0.2) is 53.4 Å². The molecule has 1 unspecified atom stereocenters. The van der Waals surface area contributed by atoms with Gasteiger partial charge in [0.1, 0.15) is 6.66 Å². The maximum atomic E-state index is 13.3. The van der Waals surface area contributed by atoms with Crippen LogP contribution in [0.4, 0.5) is 0 Å². The Morgan fingerprint density at radius 2 is 1.85 bits per heavy atom. The Kier molecular flexibility index (Phi) is 5.38. The molecule has 0 aliphatic rings. The Hall–Kier alpha value is -2.21. The van der Waals surface area contributed by atoms with Gasteiger partial charge >= 0.3 is 13.8 Å². The van der Waals surface area contributed by atoms with Crippen molar-refractivity contribution in [2.75, 3.05) is 13.3 Å². The average molecular weight is 425 g/mol. The molecule has 6 nitrogen and oxygen atoms in total. The first-order chi connectivity index (χ1) is 12.8. The smallest absolute Gasteiger partial charge is 0.376 e. The van der Waals surface area contributed by atoms with Crippen LogP contribution in [0.2, 0.25) is 5.02 Å². The molecule has 3 rings (SSSR count). The first kappa shape index (κ1) is 19.5. The number of hydrogen-bond donors (Lipinski definition) is 0. The lowest BCUT2D eigenvalue weighted by Gasteiger charge is -2.11.